The number of nitrogens with zero attached hydrogens (tertiary/aromatic N) is 3. The molecule has 1 fully saturated rings. The molecular weight excluding hydrogens is 380 g/mol. The second-order valence-corrected chi connectivity index (χ2v) is 8.46. The van der Waals surface area contributed by atoms with Gasteiger partial charge in [0.05, 0.1) is 25.1 Å². The number of ether oxygens (including phenoxy) is 1. The fourth-order valence-corrected chi connectivity index (χ4v) is 4.41. The van der Waals surface area contributed by atoms with Gasteiger partial charge in [-0.1, -0.05) is 23.7 Å². The number of aromatic nitrogens is 2. The number of anilines is 1. The molecule has 142 valence electrons. The molecule has 0 atom stereocenters. The lowest BCUT2D eigenvalue weighted by atomic mass is 10.2. The molecule has 27 heavy (non-hydrogen) atoms. The topological polar surface area (TPSA) is 50.3 Å². The van der Waals surface area contributed by atoms with E-state index in [1.54, 1.807) is 11.3 Å². The van der Waals surface area contributed by atoms with Crippen LogP contribution in [-0.2, 0) is 17.8 Å². The highest BCUT2D eigenvalue weighted by molar-refractivity contribution is 7.18. The summed E-state index contributed by atoms with van der Waals surface area (Å²) in [5.41, 5.74) is 2.43. The molecule has 7 heteroatoms. The second-order valence-electron chi connectivity index (χ2n) is 6.82. The summed E-state index contributed by atoms with van der Waals surface area (Å²) >= 11 is 7.73. The van der Waals surface area contributed by atoms with Gasteiger partial charge in [-0.3, -0.25) is 4.90 Å². The number of fused-ring (bicyclic) bond motifs is 1. The van der Waals surface area contributed by atoms with Crippen LogP contribution in [0.25, 0.3) is 10.2 Å². The molecule has 0 radical (unpaired) electrons. The third-order valence-electron chi connectivity index (χ3n) is 4.92. The maximum atomic E-state index is 5.99. The smallest absolute Gasteiger partial charge is 0.146 e. The molecule has 0 saturated carbocycles. The van der Waals surface area contributed by atoms with Crippen LogP contribution in [0.5, 0.6) is 0 Å². The summed E-state index contributed by atoms with van der Waals surface area (Å²) in [6.07, 6.45) is 0. The van der Waals surface area contributed by atoms with Crippen molar-refractivity contribution in [1.82, 2.24) is 14.9 Å². The number of rotatable bonds is 5. The van der Waals surface area contributed by atoms with Crippen LogP contribution >= 0.6 is 22.9 Å². The Morgan fingerprint density at radius 1 is 1.15 bits per heavy atom. The van der Waals surface area contributed by atoms with Crippen molar-refractivity contribution in [3.05, 3.63) is 51.1 Å². The zero-order chi connectivity index (χ0) is 18.8. The second kappa shape index (κ2) is 8.10. The van der Waals surface area contributed by atoms with Gasteiger partial charge in [0, 0.05) is 29.5 Å². The minimum absolute atomic E-state index is 0.703. The Labute approximate surface area is 168 Å². The Kier molecular flexibility index (Phi) is 5.59. The molecule has 4 rings (SSSR count). The van der Waals surface area contributed by atoms with Crippen LogP contribution in [0.15, 0.2) is 24.3 Å². The van der Waals surface area contributed by atoms with Crippen molar-refractivity contribution in [2.45, 2.75) is 26.9 Å². The van der Waals surface area contributed by atoms with Crippen LogP contribution in [0.4, 0.5) is 5.82 Å². The highest BCUT2D eigenvalue weighted by Gasteiger charge is 2.17. The van der Waals surface area contributed by atoms with Crippen molar-refractivity contribution in [2.24, 2.45) is 0 Å². The Balaban J connectivity index is 1.62. The highest BCUT2D eigenvalue weighted by Crippen LogP contribution is 2.33. The van der Waals surface area contributed by atoms with Crippen molar-refractivity contribution in [3.8, 4) is 0 Å². The zero-order valence-electron chi connectivity index (χ0n) is 15.6. The van der Waals surface area contributed by atoms with Crippen LogP contribution in [0, 0.1) is 13.8 Å². The van der Waals surface area contributed by atoms with Gasteiger partial charge in [-0.25, -0.2) is 9.97 Å². The molecule has 1 aliphatic heterocycles. The average molecular weight is 403 g/mol. The minimum atomic E-state index is 0.703. The SMILES string of the molecule is Cc1sc2nc(CN3CCOCC3)nc(NCc3ccc(Cl)cc3)c2c1C. The fraction of sp³-hybridized carbons (Fsp3) is 0.400. The van der Waals surface area contributed by atoms with E-state index in [1.807, 2.05) is 24.3 Å². The van der Waals surface area contributed by atoms with Gasteiger partial charge in [-0.15, -0.1) is 11.3 Å². The zero-order valence-corrected chi connectivity index (χ0v) is 17.2. The number of nitrogens with one attached hydrogen (secondary N) is 1. The van der Waals surface area contributed by atoms with Crippen LogP contribution in [-0.4, -0.2) is 41.2 Å². The van der Waals surface area contributed by atoms with E-state index >= 15 is 0 Å². The normalized spacial score (nSPS) is 15.4. The van der Waals surface area contributed by atoms with E-state index in [0.717, 1.165) is 59.7 Å². The van der Waals surface area contributed by atoms with Crippen molar-refractivity contribution in [1.29, 1.82) is 0 Å². The van der Waals surface area contributed by atoms with E-state index in [2.05, 4.69) is 24.1 Å². The molecule has 1 N–H and O–H groups in total. The summed E-state index contributed by atoms with van der Waals surface area (Å²) in [7, 11) is 0. The molecule has 1 saturated heterocycles. The number of halogens is 1. The minimum Gasteiger partial charge on any atom is -0.379 e. The number of hydrogen-bond acceptors (Lipinski definition) is 6. The number of thiophene rings is 1. The monoisotopic (exact) mass is 402 g/mol. The van der Waals surface area contributed by atoms with Gasteiger partial charge < -0.3 is 10.1 Å². The number of hydrogen-bond donors (Lipinski definition) is 1. The Bertz CT molecular complexity index is 935. The van der Waals surface area contributed by atoms with Gasteiger partial charge in [0.1, 0.15) is 16.5 Å². The van der Waals surface area contributed by atoms with Crippen molar-refractivity contribution < 1.29 is 4.74 Å². The molecule has 3 aromatic rings. The van der Waals surface area contributed by atoms with E-state index in [4.69, 9.17) is 26.3 Å². The molecule has 1 aromatic carbocycles. The first-order valence-corrected chi connectivity index (χ1v) is 10.3. The summed E-state index contributed by atoms with van der Waals surface area (Å²) in [6.45, 7) is 9.16. The molecule has 0 amide bonds. The summed E-state index contributed by atoms with van der Waals surface area (Å²) < 4.78 is 5.44. The standard InChI is InChI=1S/C20H23ClN4OS/c1-13-14(2)27-20-18(13)19(22-11-15-3-5-16(21)6-4-15)23-17(24-20)12-25-7-9-26-10-8-25/h3-6H,7-12H2,1-2H3,(H,22,23,24). The summed E-state index contributed by atoms with van der Waals surface area (Å²) in [4.78, 5) is 14.4. The largest absolute Gasteiger partial charge is 0.379 e. The van der Waals surface area contributed by atoms with E-state index in [9.17, 15) is 0 Å². The van der Waals surface area contributed by atoms with Gasteiger partial charge >= 0.3 is 0 Å². The number of morpholine rings is 1. The Hall–Kier alpha value is -1.73. The highest BCUT2D eigenvalue weighted by atomic mass is 35.5. The summed E-state index contributed by atoms with van der Waals surface area (Å²) in [5.74, 6) is 1.78. The third kappa shape index (κ3) is 4.24. The first kappa shape index (κ1) is 18.6. The van der Waals surface area contributed by atoms with Crippen LogP contribution in [0.2, 0.25) is 5.02 Å². The van der Waals surface area contributed by atoms with Crippen LogP contribution in [0.1, 0.15) is 21.8 Å². The predicted molar refractivity (Wildman–Crippen MR) is 112 cm³/mol. The van der Waals surface area contributed by atoms with E-state index in [-0.39, 0.29) is 0 Å². The molecular formula is C20H23ClN4OS. The van der Waals surface area contributed by atoms with Gasteiger partial charge in [-0.05, 0) is 37.1 Å². The molecule has 0 bridgehead atoms. The fourth-order valence-electron chi connectivity index (χ4n) is 3.24. The predicted octanol–water partition coefficient (Wildman–Crippen LogP) is 4.41. The summed E-state index contributed by atoms with van der Waals surface area (Å²) in [5, 5.41) is 5.41. The lowest BCUT2D eigenvalue weighted by Gasteiger charge is -2.25. The molecule has 5 nitrogen and oxygen atoms in total. The van der Waals surface area contributed by atoms with E-state index in [1.165, 1.54) is 16.0 Å². The molecule has 0 aliphatic carbocycles. The molecule has 0 spiro atoms. The van der Waals surface area contributed by atoms with Gasteiger partial charge in [0.25, 0.3) is 0 Å². The number of aryl methyl sites for hydroxylation is 2. The maximum Gasteiger partial charge on any atom is 0.146 e. The van der Waals surface area contributed by atoms with Crippen molar-refractivity contribution in [2.75, 3.05) is 31.6 Å². The quantitative estimate of drug-likeness (QED) is 0.685. The van der Waals surface area contributed by atoms with Crippen molar-refractivity contribution in [3.63, 3.8) is 0 Å². The Morgan fingerprint density at radius 3 is 2.63 bits per heavy atom. The van der Waals surface area contributed by atoms with Crippen LogP contribution < -0.4 is 5.32 Å². The average Bonchev–Trinajstić information content (AvgIpc) is 2.96. The lowest BCUT2D eigenvalue weighted by molar-refractivity contribution is 0.0331. The molecule has 1 aliphatic rings. The lowest BCUT2D eigenvalue weighted by Crippen LogP contribution is -2.36. The van der Waals surface area contributed by atoms with E-state index < -0.39 is 0 Å². The first-order chi connectivity index (χ1) is 13.1. The Morgan fingerprint density at radius 2 is 1.89 bits per heavy atom. The molecule has 3 heterocycles. The maximum absolute atomic E-state index is 5.99. The van der Waals surface area contributed by atoms with Gasteiger partial charge in [-0.2, -0.15) is 0 Å². The van der Waals surface area contributed by atoms with Crippen LogP contribution in [0.3, 0.4) is 0 Å². The van der Waals surface area contributed by atoms with Gasteiger partial charge in [0.2, 0.25) is 0 Å². The number of benzene rings is 1. The third-order valence-corrected chi connectivity index (χ3v) is 6.27. The van der Waals surface area contributed by atoms with Gasteiger partial charge in [0.15, 0.2) is 0 Å². The van der Waals surface area contributed by atoms with E-state index in [0.29, 0.717) is 6.54 Å². The summed E-state index contributed by atoms with van der Waals surface area (Å²) in [6, 6.07) is 7.90. The first-order valence-electron chi connectivity index (χ1n) is 9.15. The molecule has 0 unspecified atom stereocenters. The molecule has 2 aromatic heterocycles. The van der Waals surface area contributed by atoms with Crippen molar-refractivity contribution >= 4 is 39.0 Å².